The van der Waals surface area contributed by atoms with E-state index in [-0.39, 0.29) is 22.6 Å². The number of halogens is 1. The third-order valence-electron chi connectivity index (χ3n) is 6.01. The molecule has 10 nitrogen and oxygen atoms in total. The van der Waals surface area contributed by atoms with E-state index in [0.717, 1.165) is 5.56 Å². The third-order valence-corrected chi connectivity index (χ3v) is 6.33. The van der Waals surface area contributed by atoms with Gasteiger partial charge in [-0.2, -0.15) is 0 Å². The quantitative estimate of drug-likeness (QED) is 0.513. The lowest BCUT2D eigenvalue weighted by Gasteiger charge is -2.41. The third kappa shape index (κ3) is 5.46. The van der Waals surface area contributed by atoms with E-state index in [1.807, 2.05) is 40.1 Å². The Morgan fingerprint density at radius 3 is 2.26 bits per heavy atom. The Morgan fingerprint density at radius 1 is 0.971 bits per heavy atom. The van der Waals surface area contributed by atoms with Gasteiger partial charge in [0.1, 0.15) is 11.1 Å². The van der Waals surface area contributed by atoms with Gasteiger partial charge in [-0.25, -0.2) is 4.79 Å². The van der Waals surface area contributed by atoms with Gasteiger partial charge >= 0.3 is 6.03 Å². The van der Waals surface area contributed by atoms with Crippen molar-refractivity contribution in [1.82, 2.24) is 14.7 Å². The van der Waals surface area contributed by atoms with Crippen molar-refractivity contribution < 1.29 is 19.2 Å². The van der Waals surface area contributed by atoms with Crippen LogP contribution in [-0.4, -0.2) is 84.0 Å². The lowest BCUT2D eigenvalue weighted by molar-refractivity contribution is -0.384. The van der Waals surface area contributed by atoms with Crippen LogP contribution in [0.1, 0.15) is 11.6 Å². The molecule has 2 saturated heterocycles. The zero-order valence-electron chi connectivity index (χ0n) is 18.6. The molecular formula is C23H26ClN5O5. The first-order valence-corrected chi connectivity index (χ1v) is 11.5. The van der Waals surface area contributed by atoms with Gasteiger partial charge in [-0.3, -0.25) is 19.8 Å². The fourth-order valence-electron chi connectivity index (χ4n) is 4.23. The number of nitrogens with one attached hydrogen (secondary N) is 1. The molecule has 1 atom stereocenters. The average Bonchev–Trinajstić information content (AvgIpc) is 2.86. The number of carbonyl (C=O) groups is 2. The topological polar surface area (TPSA) is 108 Å². The highest BCUT2D eigenvalue weighted by Gasteiger charge is 2.33. The number of nitrogens with zero attached hydrogens (tertiary/aromatic N) is 4. The van der Waals surface area contributed by atoms with Gasteiger partial charge in [0.2, 0.25) is 5.91 Å². The molecule has 1 N–H and O–H groups in total. The summed E-state index contributed by atoms with van der Waals surface area (Å²) in [5.74, 6) is -0.309. The van der Waals surface area contributed by atoms with Crippen LogP contribution in [0.25, 0.3) is 0 Å². The van der Waals surface area contributed by atoms with E-state index in [0.29, 0.717) is 58.2 Å². The molecule has 2 aliphatic heterocycles. The molecule has 34 heavy (non-hydrogen) atoms. The minimum Gasteiger partial charge on any atom is -0.378 e. The summed E-state index contributed by atoms with van der Waals surface area (Å²) in [6, 6.07) is 12.9. The number of hydrogen-bond acceptors (Lipinski definition) is 6. The number of ether oxygens (including phenoxy) is 1. The number of nitro benzene ring substituents is 1. The van der Waals surface area contributed by atoms with Gasteiger partial charge in [0.15, 0.2) is 0 Å². The Bertz CT molecular complexity index is 1040. The second-order valence-corrected chi connectivity index (χ2v) is 8.54. The van der Waals surface area contributed by atoms with Gasteiger partial charge in [-0.15, -0.1) is 0 Å². The van der Waals surface area contributed by atoms with Crippen molar-refractivity contribution in [3.63, 3.8) is 0 Å². The van der Waals surface area contributed by atoms with Crippen molar-refractivity contribution in [2.45, 2.75) is 6.04 Å². The lowest BCUT2D eigenvalue weighted by atomic mass is 10.0. The summed E-state index contributed by atoms with van der Waals surface area (Å²) in [4.78, 5) is 42.5. The summed E-state index contributed by atoms with van der Waals surface area (Å²) < 4.78 is 5.33. The number of amides is 3. The highest BCUT2D eigenvalue weighted by molar-refractivity contribution is 6.32. The summed E-state index contributed by atoms with van der Waals surface area (Å²) in [5, 5.41) is 14.0. The number of urea groups is 1. The monoisotopic (exact) mass is 487 g/mol. The van der Waals surface area contributed by atoms with Crippen LogP contribution in [0.5, 0.6) is 0 Å². The summed E-state index contributed by atoms with van der Waals surface area (Å²) in [5.41, 5.74) is 0.825. The normalized spacial score (nSPS) is 17.8. The maximum absolute atomic E-state index is 13.4. The van der Waals surface area contributed by atoms with Gasteiger partial charge in [-0.05, 0) is 17.7 Å². The molecule has 0 saturated carbocycles. The van der Waals surface area contributed by atoms with Crippen LogP contribution in [0, 0.1) is 10.1 Å². The van der Waals surface area contributed by atoms with Crippen LogP contribution in [0.15, 0.2) is 48.5 Å². The molecule has 0 aromatic heterocycles. The number of benzene rings is 2. The largest absolute Gasteiger partial charge is 0.378 e. The van der Waals surface area contributed by atoms with Crippen LogP contribution in [0.4, 0.5) is 16.2 Å². The number of morpholine rings is 1. The lowest BCUT2D eigenvalue weighted by Crippen LogP contribution is -2.56. The van der Waals surface area contributed by atoms with Crippen molar-refractivity contribution in [3.8, 4) is 0 Å². The van der Waals surface area contributed by atoms with E-state index in [2.05, 4.69) is 5.32 Å². The van der Waals surface area contributed by atoms with Crippen molar-refractivity contribution in [3.05, 3.63) is 69.2 Å². The molecule has 0 radical (unpaired) electrons. The first-order chi connectivity index (χ1) is 16.4. The molecule has 2 aromatic rings. The summed E-state index contributed by atoms with van der Waals surface area (Å²) >= 11 is 5.90. The molecular weight excluding hydrogens is 462 g/mol. The number of rotatable bonds is 5. The average molecular weight is 488 g/mol. The summed E-state index contributed by atoms with van der Waals surface area (Å²) in [7, 11) is 0. The SMILES string of the molecule is O=C(Nc1ccc(Cl)c([N+](=O)[O-])c1)C(c1ccccc1)N1CCN(C(=O)N2CCOCC2)CC1. The second-order valence-electron chi connectivity index (χ2n) is 8.13. The van der Waals surface area contributed by atoms with E-state index >= 15 is 0 Å². The Kier molecular flexibility index (Phi) is 7.61. The molecule has 2 heterocycles. The molecule has 180 valence electrons. The molecule has 3 amide bonds. The summed E-state index contributed by atoms with van der Waals surface area (Å²) in [6.45, 7) is 4.30. The Morgan fingerprint density at radius 2 is 1.62 bits per heavy atom. The van der Waals surface area contributed by atoms with Crippen LogP contribution in [0.3, 0.4) is 0 Å². The standard InChI is InChI=1S/C23H26ClN5O5/c24-19-7-6-18(16-20(19)29(32)33)25-22(30)21(17-4-2-1-3-5-17)26-8-10-27(11-9-26)23(31)28-12-14-34-15-13-28/h1-7,16,21H,8-15H2,(H,25,30). The van der Waals surface area contributed by atoms with Crippen LogP contribution >= 0.6 is 11.6 Å². The fourth-order valence-corrected chi connectivity index (χ4v) is 4.42. The van der Waals surface area contributed by atoms with Crippen LogP contribution < -0.4 is 5.32 Å². The first kappa shape index (κ1) is 23.9. The molecule has 2 aliphatic rings. The smallest absolute Gasteiger partial charge is 0.320 e. The maximum atomic E-state index is 13.4. The molecule has 4 rings (SSSR count). The first-order valence-electron chi connectivity index (χ1n) is 11.1. The predicted molar refractivity (Wildman–Crippen MR) is 127 cm³/mol. The second kappa shape index (κ2) is 10.8. The zero-order chi connectivity index (χ0) is 24.1. The van der Waals surface area contributed by atoms with Crippen molar-refractivity contribution in [2.75, 3.05) is 57.8 Å². The molecule has 2 aromatic carbocycles. The van der Waals surface area contributed by atoms with E-state index < -0.39 is 11.0 Å². The Balaban J connectivity index is 1.48. The minimum atomic E-state index is -0.614. The van der Waals surface area contributed by atoms with E-state index in [4.69, 9.17) is 16.3 Å². The number of piperazine rings is 1. The zero-order valence-corrected chi connectivity index (χ0v) is 19.3. The van der Waals surface area contributed by atoms with Gasteiger partial charge in [0, 0.05) is 51.0 Å². The predicted octanol–water partition coefficient (Wildman–Crippen LogP) is 3.00. The highest BCUT2D eigenvalue weighted by atomic mass is 35.5. The van der Waals surface area contributed by atoms with Crippen molar-refractivity contribution in [1.29, 1.82) is 0 Å². The molecule has 2 fully saturated rings. The molecule has 0 spiro atoms. The maximum Gasteiger partial charge on any atom is 0.320 e. The van der Waals surface area contributed by atoms with Crippen LogP contribution in [0.2, 0.25) is 5.02 Å². The van der Waals surface area contributed by atoms with Gasteiger partial charge in [0.05, 0.1) is 18.1 Å². The number of nitro groups is 1. The molecule has 1 unspecified atom stereocenters. The Labute approximate surface area is 202 Å². The number of anilines is 1. The number of hydrogen-bond donors (Lipinski definition) is 1. The highest BCUT2D eigenvalue weighted by Crippen LogP contribution is 2.29. The van der Waals surface area contributed by atoms with E-state index in [1.54, 1.807) is 4.90 Å². The number of carbonyl (C=O) groups excluding carboxylic acids is 2. The van der Waals surface area contributed by atoms with Gasteiger partial charge < -0.3 is 19.9 Å². The Hall–Kier alpha value is -3.21. The van der Waals surface area contributed by atoms with Gasteiger partial charge in [0.25, 0.3) is 5.69 Å². The fraction of sp³-hybridized carbons (Fsp3) is 0.391. The minimum absolute atomic E-state index is 0.00265. The van der Waals surface area contributed by atoms with Crippen molar-refractivity contribution in [2.24, 2.45) is 0 Å². The van der Waals surface area contributed by atoms with E-state index in [1.165, 1.54) is 18.2 Å². The van der Waals surface area contributed by atoms with Crippen LogP contribution in [-0.2, 0) is 9.53 Å². The molecule has 0 aliphatic carbocycles. The van der Waals surface area contributed by atoms with Gasteiger partial charge in [-0.1, -0.05) is 41.9 Å². The summed E-state index contributed by atoms with van der Waals surface area (Å²) in [6.07, 6.45) is 0. The molecule has 11 heteroatoms. The van der Waals surface area contributed by atoms with Crippen molar-refractivity contribution >= 4 is 34.9 Å². The molecule has 0 bridgehead atoms. The van der Waals surface area contributed by atoms with E-state index in [9.17, 15) is 19.7 Å².